The summed E-state index contributed by atoms with van der Waals surface area (Å²) >= 11 is 0. The van der Waals surface area contributed by atoms with Crippen molar-refractivity contribution in [2.45, 2.75) is 46.1 Å². The summed E-state index contributed by atoms with van der Waals surface area (Å²) in [6.45, 7) is 4.64. The monoisotopic (exact) mass is 501 g/mol. The van der Waals surface area contributed by atoms with E-state index in [1.54, 1.807) is 13.0 Å². The minimum absolute atomic E-state index is 0.00773. The van der Waals surface area contributed by atoms with Gasteiger partial charge < -0.3 is 29.2 Å². The van der Waals surface area contributed by atoms with Gasteiger partial charge in [0, 0.05) is 11.1 Å². The van der Waals surface area contributed by atoms with E-state index in [-0.39, 0.29) is 47.0 Å². The van der Waals surface area contributed by atoms with Crippen molar-refractivity contribution in [1.29, 1.82) is 0 Å². The highest BCUT2D eigenvalue weighted by Gasteiger charge is 2.26. The lowest BCUT2D eigenvalue weighted by Crippen LogP contribution is -2.25. The number of hydrogen-bond acceptors (Lipinski definition) is 10. The van der Waals surface area contributed by atoms with Crippen molar-refractivity contribution in [3.63, 3.8) is 0 Å². The molecular weight excluding hydrogens is 474 g/mol. The zero-order chi connectivity index (χ0) is 26.6. The Morgan fingerprint density at radius 3 is 2.22 bits per heavy atom. The number of Topliss-reactive ketones (excluding diaryl/α,β-unsaturated/α-hetero) is 1. The van der Waals surface area contributed by atoms with Crippen molar-refractivity contribution in [2.24, 2.45) is 0 Å². The molecule has 1 aromatic heterocycles. The van der Waals surface area contributed by atoms with Crippen molar-refractivity contribution < 1.29 is 38.9 Å². The number of ether oxygens (including phenoxy) is 2. The molecule has 3 aromatic rings. The van der Waals surface area contributed by atoms with E-state index >= 15 is 0 Å². The number of ketones is 1. The van der Waals surface area contributed by atoms with Gasteiger partial charge in [-0.2, -0.15) is 0 Å². The Kier molecular flexibility index (Phi) is 8.15. The van der Waals surface area contributed by atoms with E-state index in [2.05, 4.69) is 0 Å². The quantitative estimate of drug-likeness (QED) is 0.152. The zero-order valence-electron chi connectivity index (χ0n) is 20.1. The maximum Gasteiger partial charge on any atom is 0.419 e. The summed E-state index contributed by atoms with van der Waals surface area (Å²) in [5.41, 5.74) is -1.31. The summed E-state index contributed by atoms with van der Waals surface area (Å²) in [6, 6.07) is 5.82. The van der Waals surface area contributed by atoms with Gasteiger partial charge in [0.2, 0.25) is 5.75 Å². The first-order chi connectivity index (χ1) is 17.1. The summed E-state index contributed by atoms with van der Waals surface area (Å²) in [5, 5.41) is 42.1. The molecule has 3 N–H and O–H groups in total. The molecule has 0 saturated heterocycles. The molecule has 11 heteroatoms. The first kappa shape index (κ1) is 26.5. The second-order valence-electron chi connectivity index (χ2n) is 8.14. The fourth-order valence-electron chi connectivity index (χ4n) is 3.86. The normalized spacial score (nSPS) is 11.9. The summed E-state index contributed by atoms with van der Waals surface area (Å²) in [7, 11) is 0. The Balaban J connectivity index is 1.77. The Labute approximate surface area is 205 Å². The van der Waals surface area contributed by atoms with Crippen LogP contribution in [0.5, 0.6) is 23.0 Å². The van der Waals surface area contributed by atoms with Crippen molar-refractivity contribution in [3.05, 3.63) is 61.5 Å². The van der Waals surface area contributed by atoms with Gasteiger partial charge in [0.15, 0.2) is 5.78 Å². The molecule has 0 saturated carbocycles. The molecule has 1 unspecified atom stereocenters. The van der Waals surface area contributed by atoms with Gasteiger partial charge in [0.05, 0.1) is 15.9 Å². The van der Waals surface area contributed by atoms with Gasteiger partial charge in [-0.15, -0.1) is 0 Å². The van der Waals surface area contributed by atoms with Gasteiger partial charge >= 0.3 is 11.3 Å². The molecule has 0 aliphatic rings. The molecule has 1 atom stereocenters. The van der Waals surface area contributed by atoms with Crippen LogP contribution in [0.3, 0.4) is 0 Å². The lowest BCUT2D eigenvalue weighted by Gasteiger charge is -2.18. The van der Waals surface area contributed by atoms with Crippen LogP contribution in [0, 0.1) is 10.1 Å². The SMILES string of the molecule is CCCc1c(OCC(O)COc2ccc3c(O)c([N+](=O)[O-])c(=O)oc3c2CC)ccc(C(C)=O)c1O. The van der Waals surface area contributed by atoms with E-state index in [1.807, 2.05) is 6.92 Å². The van der Waals surface area contributed by atoms with Crippen molar-refractivity contribution in [1.82, 2.24) is 0 Å². The van der Waals surface area contributed by atoms with E-state index in [1.165, 1.54) is 25.1 Å². The molecule has 0 fully saturated rings. The number of hydrogen-bond donors (Lipinski definition) is 3. The average molecular weight is 501 g/mol. The van der Waals surface area contributed by atoms with E-state index in [9.17, 15) is 35.0 Å². The van der Waals surface area contributed by atoms with Gasteiger partial charge in [0.1, 0.15) is 42.1 Å². The number of aryl methyl sites for hydroxylation is 1. The summed E-state index contributed by atoms with van der Waals surface area (Å²) in [4.78, 5) is 33.8. The minimum atomic E-state index is -1.28. The Bertz CT molecular complexity index is 1360. The zero-order valence-corrected chi connectivity index (χ0v) is 20.1. The summed E-state index contributed by atoms with van der Waals surface area (Å²) < 4.78 is 16.5. The molecule has 0 spiro atoms. The number of rotatable bonds is 11. The fraction of sp³-hybridized carbons (Fsp3) is 0.360. The van der Waals surface area contributed by atoms with Crippen LogP contribution in [0.25, 0.3) is 11.0 Å². The molecule has 0 bridgehead atoms. The predicted molar refractivity (Wildman–Crippen MR) is 129 cm³/mol. The largest absolute Gasteiger partial charge is 0.507 e. The standard InChI is InChI=1S/C25H27NO10/c1-4-6-17-20(9-7-16(13(3)27)22(17)29)35-12-14(28)11-34-19-10-8-18-23(30)21(26(32)33)25(31)36-24(18)15(19)5-2/h7-10,14,28-30H,4-6,11-12H2,1-3H3. The molecule has 0 aliphatic heterocycles. The highest BCUT2D eigenvalue weighted by molar-refractivity contribution is 5.97. The third-order valence-electron chi connectivity index (χ3n) is 5.60. The molecule has 0 aliphatic carbocycles. The number of carbonyl (C=O) groups excluding carboxylic acids is 1. The van der Waals surface area contributed by atoms with Crippen LogP contribution in [-0.2, 0) is 12.8 Å². The molecule has 3 rings (SSSR count). The molecule has 192 valence electrons. The number of phenolic OH excluding ortho intramolecular Hbond substituents is 1. The summed E-state index contributed by atoms with van der Waals surface area (Å²) in [5.74, 6) is -0.595. The number of aromatic hydroxyl groups is 2. The van der Waals surface area contributed by atoms with Crippen LogP contribution >= 0.6 is 0 Å². The van der Waals surface area contributed by atoms with Crippen LogP contribution < -0.4 is 15.1 Å². The maximum absolute atomic E-state index is 12.0. The lowest BCUT2D eigenvalue weighted by molar-refractivity contribution is -0.388. The topological polar surface area (TPSA) is 170 Å². The van der Waals surface area contributed by atoms with Crippen LogP contribution in [0.15, 0.2) is 33.5 Å². The second-order valence-corrected chi connectivity index (χ2v) is 8.14. The number of carbonyl (C=O) groups is 1. The number of nitro groups is 1. The van der Waals surface area contributed by atoms with Gasteiger partial charge in [-0.1, -0.05) is 20.3 Å². The van der Waals surface area contributed by atoms with Crippen LogP contribution in [-0.4, -0.2) is 45.3 Å². The van der Waals surface area contributed by atoms with Crippen molar-refractivity contribution in [3.8, 4) is 23.0 Å². The van der Waals surface area contributed by atoms with Crippen LogP contribution in [0.4, 0.5) is 5.69 Å². The number of nitrogens with zero attached hydrogens (tertiary/aromatic N) is 1. The van der Waals surface area contributed by atoms with Gasteiger partial charge in [-0.3, -0.25) is 14.9 Å². The number of aliphatic hydroxyl groups excluding tert-OH is 1. The smallest absolute Gasteiger partial charge is 0.419 e. The number of benzene rings is 2. The Morgan fingerprint density at radius 1 is 1.06 bits per heavy atom. The lowest BCUT2D eigenvalue weighted by atomic mass is 10.0. The highest BCUT2D eigenvalue weighted by atomic mass is 16.6. The van der Waals surface area contributed by atoms with Crippen LogP contribution in [0.2, 0.25) is 0 Å². The molecule has 1 heterocycles. The Morgan fingerprint density at radius 2 is 1.67 bits per heavy atom. The fourth-order valence-corrected chi connectivity index (χ4v) is 3.86. The molecular formula is C25H27NO10. The van der Waals surface area contributed by atoms with Crippen molar-refractivity contribution >= 4 is 22.4 Å². The first-order valence-electron chi connectivity index (χ1n) is 11.4. The predicted octanol–water partition coefficient (Wildman–Crippen LogP) is 3.65. The number of aliphatic hydroxyl groups is 1. The van der Waals surface area contributed by atoms with Gasteiger partial charge in [-0.25, -0.2) is 4.79 Å². The molecule has 2 aromatic carbocycles. The van der Waals surface area contributed by atoms with Gasteiger partial charge in [-0.05, 0) is 44.0 Å². The van der Waals surface area contributed by atoms with E-state index < -0.39 is 28.1 Å². The van der Waals surface area contributed by atoms with E-state index in [0.717, 1.165) is 0 Å². The molecule has 36 heavy (non-hydrogen) atoms. The first-order valence-corrected chi connectivity index (χ1v) is 11.4. The minimum Gasteiger partial charge on any atom is -0.507 e. The van der Waals surface area contributed by atoms with E-state index in [4.69, 9.17) is 13.9 Å². The third kappa shape index (κ3) is 5.25. The molecule has 0 amide bonds. The number of fused-ring (bicyclic) bond motifs is 1. The van der Waals surface area contributed by atoms with E-state index in [0.29, 0.717) is 36.1 Å². The molecule has 0 radical (unpaired) electrons. The summed E-state index contributed by atoms with van der Waals surface area (Å²) in [6.07, 6.45) is 0.392. The second kappa shape index (κ2) is 11.1. The Hall–Kier alpha value is -4.12. The maximum atomic E-state index is 12.0. The third-order valence-corrected chi connectivity index (χ3v) is 5.60. The highest BCUT2D eigenvalue weighted by Crippen LogP contribution is 2.37. The number of phenols is 1. The molecule has 11 nitrogen and oxygen atoms in total. The average Bonchev–Trinajstić information content (AvgIpc) is 2.82. The van der Waals surface area contributed by atoms with Gasteiger partial charge in [0.25, 0.3) is 0 Å². The van der Waals surface area contributed by atoms with Crippen LogP contribution in [0.1, 0.15) is 48.7 Å². The van der Waals surface area contributed by atoms with Crippen molar-refractivity contribution in [2.75, 3.05) is 13.2 Å².